The van der Waals surface area contributed by atoms with Gasteiger partial charge in [-0.1, -0.05) is 6.07 Å². The molecule has 0 aliphatic rings. The minimum Gasteiger partial charge on any atom is -0.383 e. The van der Waals surface area contributed by atoms with Gasteiger partial charge in [-0.3, -0.25) is 14.0 Å². The van der Waals surface area contributed by atoms with E-state index in [0.717, 1.165) is 28.4 Å². The summed E-state index contributed by atoms with van der Waals surface area (Å²) >= 11 is 0. The van der Waals surface area contributed by atoms with Gasteiger partial charge in [0.25, 0.3) is 5.91 Å². The molecule has 2 aromatic carbocycles. The molecule has 0 unspecified atom stereocenters. The summed E-state index contributed by atoms with van der Waals surface area (Å²) in [6.45, 7) is 1.82. The second kappa shape index (κ2) is 8.15. The third kappa shape index (κ3) is 3.96. The zero-order chi connectivity index (χ0) is 24.9. The van der Waals surface area contributed by atoms with Gasteiger partial charge in [0.1, 0.15) is 5.82 Å². The van der Waals surface area contributed by atoms with Gasteiger partial charge in [-0.25, -0.2) is 4.98 Å². The zero-order valence-electron chi connectivity index (χ0n) is 18.8. The predicted octanol–water partition coefficient (Wildman–Crippen LogP) is 5.00. The van der Waals surface area contributed by atoms with Crippen molar-refractivity contribution in [2.75, 3.05) is 5.73 Å². The van der Waals surface area contributed by atoms with Crippen LogP contribution in [0.1, 0.15) is 34.5 Å². The number of hydrogen-bond donors (Lipinski definition) is 2. The van der Waals surface area contributed by atoms with Crippen LogP contribution in [0.25, 0.3) is 27.6 Å². The van der Waals surface area contributed by atoms with E-state index in [-0.39, 0.29) is 11.9 Å². The number of anilines is 1. The molecular weight excluding hydrogens is 457 g/mol. The van der Waals surface area contributed by atoms with Gasteiger partial charge in [0.05, 0.1) is 17.1 Å². The fraction of sp³-hybridized carbons (Fsp3) is 0.160. The molecule has 0 bridgehead atoms. The van der Waals surface area contributed by atoms with Gasteiger partial charge in [0, 0.05) is 47.0 Å². The summed E-state index contributed by atoms with van der Waals surface area (Å²) < 4.78 is 42.5. The van der Waals surface area contributed by atoms with Crippen LogP contribution in [0.4, 0.5) is 19.0 Å². The average Bonchev–Trinajstić information content (AvgIpc) is 3.33. The van der Waals surface area contributed by atoms with Crippen molar-refractivity contribution >= 4 is 33.7 Å². The van der Waals surface area contributed by atoms with E-state index in [0.29, 0.717) is 28.3 Å². The highest BCUT2D eigenvalue weighted by molar-refractivity contribution is 6.10. The topological polar surface area (TPSA) is 90.8 Å². The van der Waals surface area contributed by atoms with Crippen molar-refractivity contribution in [3.05, 3.63) is 83.7 Å². The molecule has 1 amide bonds. The number of nitrogens with one attached hydrogen (secondary N) is 1. The van der Waals surface area contributed by atoms with Gasteiger partial charge < -0.3 is 11.1 Å². The first-order valence-corrected chi connectivity index (χ1v) is 10.8. The van der Waals surface area contributed by atoms with Crippen LogP contribution in [0.3, 0.4) is 0 Å². The molecule has 3 aromatic heterocycles. The Morgan fingerprint density at radius 1 is 1.09 bits per heavy atom. The van der Waals surface area contributed by atoms with Crippen molar-refractivity contribution < 1.29 is 18.0 Å². The number of halogens is 3. The van der Waals surface area contributed by atoms with Crippen molar-refractivity contribution in [1.82, 2.24) is 24.6 Å². The lowest BCUT2D eigenvalue weighted by molar-refractivity contribution is -0.137. The van der Waals surface area contributed by atoms with E-state index in [2.05, 4.69) is 15.4 Å². The Hall–Kier alpha value is -4.34. The number of benzene rings is 2. The number of nitrogens with two attached hydrogens (primary N) is 1. The number of carbonyl (C=O) groups is 1. The van der Waals surface area contributed by atoms with Crippen molar-refractivity contribution in [3.8, 4) is 5.69 Å². The molecule has 5 aromatic rings. The molecule has 0 radical (unpaired) electrons. The third-order valence-corrected chi connectivity index (χ3v) is 5.95. The van der Waals surface area contributed by atoms with Crippen LogP contribution >= 0.6 is 0 Å². The highest BCUT2D eigenvalue weighted by Crippen LogP contribution is 2.34. The minimum absolute atomic E-state index is 0.290. The number of alkyl halides is 3. The SMILES string of the molecule is C[C@@H](NC(=O)c1ccc2c(c1)c1cn(C)nc1n2-c1ccc(C(F)(F)F)cc1)c1cccnc1N. The molecule has 5 rings (SSSR count). The summed E-state index contributed by atoms with van der Waals surface area (Å²) in [6, 6.07) is 13.3. The monoisotopic (exact) mass is 478 g/mol. The number of nitrogen functional groups attached to an aromatic ring is 1. The van der Waals surface area contributed by atoms with Crippen LogP contribution in [-0.4, -0.2) is 25.2 Å². The summed E-state index contributed by atoms with van der Waals surface area (Å²) in [7, 11) is 1.76. The number of fused-ring (bicyclic) bond motifs is 3. The smallest absolute Gasteiger partial charge is 0.383 e. The van der Waals surface area contributed by atoms with Gasteiger partial charge in [0.2, 0.25) is 0 Å². The Balaban J connectivity index is 1.55. The highest BCUT2D eigenvalue weighted by Gasteiger charge is 2.30. The van der Waals surface area contributed by atoms with Crippen LogP contribution in [-0.2, 0) is 13.2 Å². The molecule has 0 aliphatic heterocycles. The Kier molecular flexibility index (Phi) is 5.23. The van der Waals surface area contributed by atoms with Gasteiger partial charge in [-0.05, 0) is 55.5 Å². The van der Waals surface area contributed by atoms with E-state index < -0.39 is 11.7 Å². The molecular formula is C25H21F3N6O. The van der Waals surface area contributed by atoms with Gasteiger partial charge in [-0.2, -0.15) is 18.3 Å². The molecule has 35 heavy (non-hydrogen) atoms. The van der Waals surface area contributed by atoms with Crippen molar-refractivity contribution in [2.24, 2.45) is 7.05 Å². The van der Waals surface area contributed by atoms with E-state index in [1.165, 1.54) is 12.1 Å². The molecule has 3 N–H and O–H groups in total. The largest absolute Gasteiger partial charge is 0.416 e. The minimum atomic E-state index is -4.42. The Morgan fingerprint density at radius 2 is 1.83 bits per heavy atom. The number of hydrogen-bond acceptors (Lipinski definition) is 4. The molecule has 0 saturated heterocycles. The fourth-order valence-corrected chi connectivity index (χ4v) is 4.25. The molecule has 1 atom stereocenters. The molecule has 178 valence electrons. The first-order chi connectivity index (χ1) is 16.6. The quantitative estimate of drug-likeness (QED) is 0.380. The summed E-state index contributed by atoms with van der Waals surface area (Å²) in [5, 5.41) is 8.98. The molecule has 10 heteroatoms. The average molecular weight is 478 g/mol. The Bertz CT molecular complexity index is 1570. The number of aromatic nitrogens is 4. The lowest BCUT2D eigenvalue weighted by Crippen LogP contribution is -2.27. The van der Waals surface area contributed by atoms with Crippen molar-refractivity contribution in [3.63, 3.8) is 0 Å². The molecule has 0 fully saturated rings. The first kappa shape index (κ1) is 22.5. The number of pyridine rings is 1. The standard InChI is InChI=1S/C25H21F3N6O/c1-14(18-4-3-11-30-22(18)29)31-24(35)15-5-10-21-19(12-15)20-13-33(2)32-23(20)34(21)17-8-6-16(7-9-17)25(26,27)28/h3-14H,1-2H3,(H2,29,30)(H,31,35)/t14-/m1/s1. The maximum absolute atomic E-state index is 13.0. The maximum Gasteiger partial charge on any atom is 0.416 e. The van der Waals surface area contributed by atoms with Crippen molar-refractivity contribution in [2.45, 2.75) is 19.1 Å². The zero-order valence-corrected chi connectivity index (χ0v) is 18.8. The predicted molar refractivity (Wildman–Crippen MR) is 127 cm³/mol. The van der Waals surface area contributed by atoms with Crippen LogP contribution < -0.4 is 11.1 Å². The molecule has 0 spiro atoms. The lowest BCUT2D eigenvalue weighted by atomic mass is 10.1. The summed E-state index contributed by atoms with van der Waals surface area (Å²) in [5.74, 6) is 0.0587. The lowest BCUT2D eigenvalue weighted by Gasteiger charge is -2.16. The molecule has 3 heterocycles. The second-order valence-electron chi connectivity index (χ2n) is 8.33. The van der Waals surface area contributed by atoms with Crippen molar-refractivity contribution in [1.29, 1.82) is 0 Å². The first-order valence-electron chi connectivity index (χ1n) is 10.8. The van der Waals surface area contributed by atoms with Crippen LogP contribution in [0.2, 0.25) is 0 Å². The summed E-state index contributed by atoms with van der Waals surface area (Å²) in [5.41, 5.74) is 8.19. The second-order valence-corrected chi connectivity index (χ2v) is 8.33. The Morgan fingerprint density at radius 3 is 2.51 bits per heavy atom. The molecule has 0 aliphatic carbocycles. The molecule has 0 saturated carbocycles. The van der Waals surface area contributed by atoms with Crippen LogP contribution in [0.15, 0.2) is 67.0 Å². The van der Waals surface area contributed by atoms with Crippen LogP contribution in [0.5, 0.6) is 0 Å². The number of carbonyl (C=O) groups excluding carboxylic acids is 1. The fourth-order valence-electron chi connectivity index (χ4n) is 4.25. The number of rotatable bonds is 4. The Labute approximate surface area is 198 Å². The van der Waals surface area contributed by atoms with Gasteiger partial charge in [-0.15, -0.1) is 0 Å². The number of amides is 1. The molecule has 7 nitrogen and oxygen atoms in total. The van der Waals surface area contributed by atoms with E-state index >= 15 is 0 Å². The van der Waals surface area contributed by atoms with E-state index in [9.17, 15) is 18.0 Å². The summed E-state index contributed by atoms with van der Waals surface area (Å²) in [6.07, 6.45) is -1.02. The normalized spacial score (nSPS) is 12.8. The van der Waals surface area contributed by atoms with E-state index in [1.54, 1.807) is 52.8 Å². The van der Waals surface area contributed by atoms with Gasteiger partial charge >= 0.3 is 6.18 Å². The number of nitrogens with zero attached hydrogens (tertiary/aromatic N) is 4. The van der Waals surface area contributed by atoms with Crippen LogP contribution in [0, 0.1) is 0 Å². The van der Waals surface area contributed by atoms with E-state index in [1.807, 2.05) is 13.1 Å². The highest BCUT2D eigenvalue weighted by atomic mass is 19.4. The third-order valence-electron chi connectivity index (χ3n) is 5.95. The summed E-state index contributed by atoms with van der Waals surface area (Å²) in [4.78, 5) is 17.1. The van der Waals surface area contributed by atoms with E-state index in [4.69, 9.17) is 5.73 Å². The van der Waals surface area contributed by atoms with Gasteiger partial charge in [0.15, 0.2) is 5.65 Å². The number of aryl methyl sites for hydroxylation is 1. The maximum atomic E-state index is 13.0.